The van der Waals surface area contributed by atoms with Crippen molar-refractivity contribution in [1.29, 1.82) is 0 Å². The first kappa shape index (κ1) is 18.5. The Kier molecular flexibility index (Phi) is 6.00. The number of hydrogen-bond donors (Lipinski definition) is 0. The first-order chi connectivity index (χ1) is 12.6. The highest BCUT2D eigenvalue weighted by Gasteiger charge is 2.22. The molecule has 0 aliphatic heterocycles. The molecule has 0 saturated carbocycles. The van der Waals surface area contributed by atoms with Crippen LogP contribution in [0.25, 0.3) is 10.2 Å². The van der Waals surface area contributed by atoms with Gasteiger partial charge in [-0.15, -0.1) is 11.3 Å². The van der Waals surface area contributed by atoms with Gasteiger partial charge in [0.1, 0.15) is 10.6 Å². The number of anilines is 1. The first-order valence-electron chi connectivity index (χ1n) is 8.39. The minimum absolute atomic E-state index is 0.173. The molecule has 0 radical (unpaired) electrons. The van der Waals surface area contributed by atoms with Gasteiger partial charge < -0.3 is 9.64 Å². The molecule has 3 aromatic heterocycles. The molecule has 0 fully saturated rings. The summed E-state index contributed by atoms with van der Waals surface area (Å²) in [5.74, 6) is 0.303. The maximum absolute atomic E-state index is 12.3. The van der Waals surface area contributed by atoms with E-state index < -0.39 is 0 Å². The van der Waals surface area contributed by atoms with Crippen LogP contribution >= 0.6 is 22.9 Å². The first-order valence-corrected chi connectivity index (χ1v) is 9.65. The third kappa shape index (κ3) is 3.94. The van der Waals surface area contributed by atoms with Crippen molar-refractivity contribution in [2.24, 2.45) is 0 Å². The largest absolute Gasteiger partial charge is 0.462 e. The summed E-state index contributed by atoms with van der Waals surface area (Å²) < 4.78 is 5.18. The van der Waals surface area contributed by atoms with Gasteiger partial charge in [0.2, 0.25) is 5.28 Å². The van der Waals surface area contributed by atoms with Crippen molar-refractivity contribution >= 4 is 44.9 Å². The van der Waals surface area contributed by atoms with E-state index in [1.807, 2.05) is 19.1 Å². The summed E-state index contributed by atoms with van der Waals surface area (Å²) >= 11 is 7.49. The van der Waals surface area contributed by atoms with Crippen LogP contribution in [0, 0.1) is 0 Å². The number of halogens is 1. The van der Waals surface area contributed by atoms with Crippen LogP contribution in [0.1, 0.15) is 29.8 Å². The third-order valence-electron chi connectivity index (χ3n) is 3.98. The number of ether oxygens (including phenoxy) is 1. The molecule has 0 unspecified atom stereocenters. The van der Waals surface area contributed by atoms with E-state index in [1.165, 1.54) is 16.9 Å². The zero-order valence-corrected chi connectivity index (χ0v) is 16.2. The average molecular weight is 391 g/mol. The van der Waals surface area contributed by atoms with Gasteiger partial charge in [-0.2, -0.15) is 4.98 Å². The SMILES string of the molecule is CCOC(=O)c1csc2nc(Cl)nc(N(CC)CCc3ccncc3)c12. The van der Waals surface area contributed by atoms with Gasteiger partial charge in [0.05, 0.1) is 17.6 Å². The fourth-order valence-electron chi connectivity index (χ4n) is 2.71. The van der Waals surface area contributed by atoms with Gasteiger partial charge in [-0.3, -0.25) is 4.98 Å². The maximum Gasteiger partial charge on any atom is 0.339 e. The van der Waals surface area contributed by atoms with Crippen LogP contribution in [0.15, 0.2) is 29.9 Å². The van der Waals surface area contributed by atoms with Crippen LogP contribution in [0.5, 0.6) is 0 Å². The van der Waals surface area contributed by atoms with E-state index in [-0.39, 0.29) is 11.3 Å². The molecule has 0 atom stereocenters. The molecular formula is C18H19ClN4O2S. The average Bonchev–Trinajstić information content (AvgIpc) is 3.07. The van der Waals surface area contributed by atoms with Crippen molar-refractivity contribution in [1.82, 2.24) is 15.0 Å². The van der Waals surface area contributed by atoms with Gasteiger partial charge >= 0.3 is 5.97 Å². The number of hydrogen-bond acceptors (Lipinski definition) is 7. The van der Waals surface area contributed by atoms with Crippen LogP contribution in [0.2, 0.25) is 5.28 Å². The summed E-state index contributed by atoms with van der Waals surface area (Å²) in [7, 11) is 0. The Balaban J connectivity index is 1.97. The zero-order valence-electron chi connectivity index (χ0n) is 14.6. The normalized spacial score (nSPS) is 10.9. The van der Waals surface area contributed by atoms with Gasteiger partial charge in [0.15, 0.2) is 0 Å². The van der Waals surface area contributed by atoms with E-state index in [0.29, 0.717) is 28.2 Å². The number of aromatic nitrogens is 3. The predicted octanol–water partition coefficient (Wildman–Crippen LogP) is 3.99. The summed E-state index contributed by atoms with van der Waals surface area (Å²) in [5, 5.41) is 2.63. The molecule has 8 heteroatoms. The second-order valence-electron chi connectivity index (χ2n) is 5.55. The summed E-state index contributed by atoms with van der Waals surface area (Å²) in [5.41, 5.74) is 1.67. The van der Waals surface area contributed by atoms with Crippen molar-refractivity contribution in [2.45, 2.75) is 20.3 Å². The van der Waals surface area contributed by atoms with Crippen LogP contribution in [0.3, 0.4) is 0 Å². The van der Waals surface area contributed by atoms with Crippen LogP contribution in [0.4, 0.5) is 5.82 Å². The van der Waals surface area contributed by atoms with Crippen molar-refractivity contribution in [2.75, 3.05) is 24.6 Å². The number of carbonyl (C=O) groups excluding carboxylic acids is 1. The molecule has 3 heterocycles. The predicted molar refractivity (Wildman–Crippen MR) is 104 cm³/mol. The molecule has 0 amide bonds. The Morgan fingerprint density at radius 2 is 2.04 bits per heavy atom. The maximum atomic E-state index is 12.3. The molecule has 0 aromatic carbocycles. The van der Waals surface area contributed by atoms with Gasteiger partial charge in [-0.05, 0) is 49.6 Å². The van der Waals surface area contributed by atoms with E-state index in [1.54, 1.807) is 24.7 Å². The minimum atomic E-state index is -0.365. The quantitative estimate of drug-likeness (QED) is 0.449. The number of thiophene rings is 1. The van der Waals surface area contributed by atoms with E-state index in [9.17, 15) is 4.79 Å². The van der Waals surface area contributed by atoms with Crippen LogP contribution in [-0.2, 0) is 11.2 Å². The number of rotatable bonds is 7. The molecule has 0 aliphatic carbocycles. The molecule has 136 valence electrons. The lowest BCUT2D eigenvalue weighted by molar-refractivity contribution is 0.0529. The standard InChI is InChI=1S/C18H19ClN4O2S/c1-3-23(10-7-12-5-8-20-9-6-12)15-14-13(17(24)25-4-2)11-26-16(14)22-18(19)21-15/h5-6,8-9,11H,3-4,7,10H2,1-2H3. The summed E-state index contributed by atoms with van der Waals surface area (Å²) in [6.07, 6.45) is 4.39. The lowest BCUT2D eigenvalue weighted by atomic mass is 10.1. The highest BCUT2D eigenvalue weighted by molar-refractivity contribution is 7.17. The van der Waals surface area contributed by atoms with Gasteiger partial charge in [-0.25, -0.2) is 9.78 Å². The molecular weight excluding hydrogens is 372 g/mol. The Labute approximate surface area is 160 Å². The number of nitrogens with zero attached hydrogens (tertiary/aromatic N) is 4. The fraction of sp³-hybridized carbons (Fsp3) is 0.333. The van der Waals surface area contributed by atoms with Crippen LogP contribution < -0.4 is 4.90 Å². The molecule has 0 aliphatic rings. The molecule has 3 aromatic rings. The molecule has 0 bridgehead atoms. The Morgan fingerprint density at radius 3 is 2.73 bits per heavy atom. The van der Waals surface area contributed by atoms with Crippen molar-refractivity contribution in [3.8, 4) is 0 Å². The number of likely N-dealkylation sites (N-methyl/N-ethyl adjacent to an activating group) is 1. The monoisotopic (exact) mass is 390 g/mol. The second-order valence-corrected chi connectivity index (χ2v) is 6.75. The van der Waals surface area contributed by atoms with Crippen molar-refractivity contribution in [3.63, 3.8) is 0 Å². The number of fused-ring (bicyclic) bond motifs is 1. The fourth-order valence-corrected chi connectivity index (χ4v) is 3.83. The van der Waals surface area contributed by atoms with Crippen molar-refractivity contribution < 1.29 is 9.53 Å². The smallest absolute Gasteiger partial charge is 0.339 e. The van der Waals surface area contributed by atoms with E-state index >= 15 is 0 Å². The third-order valence-corrected chi connectivity index (χ3v) is 5.02. The molecule has 6 nitrogen and oxygen atoms in total. The number of esters is 1. The Hall–Kier alpha value is -2.25. The Morgan fingerprint density at radius 1 is 1.27 bits per heavy atom. The van der Waals surface area contributed by atoms with Gasteiger partial charge in [0, 0.05) is 30.9 Å². The lowest BCUT2D eigenvalue weighted by Crippen LogP contribution is -2.27. The molecule has 26 heavy (non-hydrogen) atoms. The van der Waals surface area contributed by atoms with E-state index in [0.717, 1.165) is 19.5 Å². The van der Waals surface area contributed by atoms with Gasteiger partial charge in [0.25, 0.3) is 0 Å². The molecule has 3 rings (SSSR count). The second kappa shape index (κ2) is 8.42. The summed E-state index contributed by atoms with van der Waals surface area (Å²) in [4.78, 5) is 27.8. The van der Waals surface area contributed by atoms with Crippen LogP contribution in [-0.4, -0.2) is 40.6 Å². The highest BCUT2D eigenvalue weighted by atomic mass is 35.5. The van der Waals surface area contributed by atoms with E-state index in [4.69, 9.17) is 16.3 Å². The topological polar surface area (TPSA) is 68.2 Å². The number of pyridine rings is 1. The zero-order chi connectivity index (χ0) is 18.5. The van der Waals surface area contributed by atoms with Crippen molar-refractivity contribution in [3.05, 3.63) is 46.3 Å². The minimum Gasteiger partial charge on any atom is -0.462 e. The lowest BCUT2D eigenvalue weighted by Gasteiger charge is -2.23. The van der Waals surface area contributed by atoms with E-state index in [2.05, 4.69) is 19.9 Å². The summed E-state index contributed by atoms with van der Waals surface area (Å²) in [6, 6.07) is 3.98. The number of carbonyl (C=O) groups is 1. The highest BCUT2D eigenvalue weighted by Crippen LogP contribution is 2.33. The molecule has 0 spiro atoms. The summed E-state index contributed by atoms with van der Waals surface area (Å²) in [6.45, 7) is 5.62. The Bertz CT molecular complexity index is 901. The molecule has 0 saturated heterocycles. The van der Waals surface area contributed by atoms with Gasteiger partial charge in [-0.1, -0.05) is 0 Å². The molecule has 0 N–H and O–H groups in total.